The first-order chi connectivity index (χ1) is 10.4. The Bertz CT molecular complexity index is 665. The smallest absolute Gasteiger partial charge is 0.264 e. The van der Waals surface area contributed by atoms with Crippen LogP contribution in [-0.2, 0) is 11.8 Å². The molecule has 118 valence electrons. The number of anilines is 1. The zero-order valence-electron chi connectivity index (χ0n) is 13.6. The van der Waals surface area contributed by atoms with Gasteiger partial charge >= 0.3 is 0 Å². The molecule has 0 atom stereocenters. The lowest BCUT2D eigenvalue weighted by atomic mass is 10.3. The predicted octanol–water partition coefficient (Wildman–Crippen LogP) is 2.80. The maximum Gasteiger partial charge on any atom is 0.264 e. The molecule has 0 aliphatic carbocycles. The molecule has 0 unspecified atom stereocenters. The van der Waals surface area contributed by atoms with Gasteiger partial charge in [-0.05, 0) is 44.4 Å². The zero-order valence-corrected chi connectivity index (χ0v) is 14.4. The number of carbonyl (C=O) groups excluding carboxylic acids is 1. The summed E-state index contributed by atoms with van der Waals surface area (Å²) in [5.41, 5.74) is 2.56. The van der Waals surface area contributed by atoms with Crippen molar-refractivity contribution in [1.82, 2.24) is 9.78 Å². The van der Waals surface area contributed by atoms with Gasteiger partial charge in [-0.25, -0.2) is 0 Å². The molecule has 1 aromatic heterocycles. The minimum atomic E-state index is -0.0976. The van der Waals surface area contributed by atoms with Gasteiger partial charge in [0.1, 0.15) is 5.69 Å². The highest BCUT2D eigenvalue weighted by atomic mass is 32.2. The average Bonchev–Trinajstić information content (AvgIpc) is 2.77. The minimum Gasteiger partial charge on any atom is -0.480 e. The Morgan fingerprint density at radius 2 is 1.95 bits per heavy atom. The zero-order chi connectivity index (χ0) is 16.3. The van der Waals surface area contributed by atoms with Gasteiger partial charge in [-0.2, -0.15) is 5.10 Å². The van der Waals surface area contributed by atoms with E-state index in [0.29, 0.717) is 5.75 Å². The molecular weight excluding hydrogens is 298 g/mol. The Labute approximate surface area is 135 Å². The van der Waals surface area contributed by atoms with Crippen molar-refractivity contribution in [2.24, 2.45) is 7.05 Å². The number of likely N-dealkylation sites (N-methyl/N-ethyl adjacent to an activating group) is 1. The quantitative estimate of drug-likeness (QED) is 0.795. The summed E-state index contributed by atoms with van der Waals surface area (Å²) < 4.78 is 7.41. The first-order valence-corrected chi connectivity index (χ1v) is 8.20. The highest BCUT2D eigenvalue weighted by molar-refractivity contribution is 7.98. The number of aromatic nitrogens is 2. The van der Waals surface area contributed by atoms with Crippen LogP contribution in [0.1, 0.15) is 11.4 Å². The van der Waals surface area contributed by atoms with Crippen molar-refractivity contribution >= 4 is 23.4 Å². The van der Waals surface area contributed by atoms with E-state index in [0.717, 1.165) is 17.1 Å². The summed E-state index contributed by atoms with van der Waals surface area (Å²) in [6, 6.07) is 7.87. The number of hydrogen-bond acceptors (Lipinski definition) is 4. The highest BCUT2D eigenvalue weighted by Crippen LogP contribution is 2.22. The van der Waals surface area contributed by atoms with Crippen molar-refractivity contribution in [3.8, 4) is 5.75 Å². The van der Waals surface area contributed by atoms with E-state index in [1.165, 1.54) is 4.90 Å². The molecule has 1 aromatic carbocycles. The fourth-order valence-electron chi connectivity index (χ4n) is 2.14. The standard InChI is InChI=1S/C16H21N3O2S/c1-11-16(12(2)19(4)17-11)21-10-15(20)18(3)13-6-8-14(22-5)9-7-13/h6-9H,10H2,1-5H3. The number of rotatable bonds is 5. The van der Waals surface area contributed by atoms with Crippen LogP contribution in [0.3, 0.4) is 0 Å². The number of amides is 1. The van der Waals surface area contributed by atoms with Gasteiger partial charge in [0.25, 0.3) is 5.91 Å². The number of benzene rings is 1. The van der Waals surface area contributed by atoms with Gasteiger partial charge in [-0.1, -0.05) is 0 Å². The Morgan fingerprint density at radius 3 is 2.45 bits per heavy atom. The van der Waals surface area contributed by atoms with E-state index in [2.05, 4.69) is 5.10 Å². The van der Waals surface area contributed by atoms with Crippen LogP contribution in [0.5, 0.6) is 5.75 Å². The largest absolute Gasteiger partial charge is 0.480 e. The molecule has 0 saturated heterocycles. The van der Waals surface area contributed by atoms with E-state index in [-0.39, 0.29) is 12.5 Å². The van der Waals surface area contributed by atoms with Gasteiger partial charge in [0.2, 0.25) is 0 Å². The van der Waals surface area contributed by atoms with Crippen LogP contribution in [0.25, 0.3) is 0 Å². The molecule has 1 amide bonds. The summed E-state index contributed by atoms with van der Waals surface area (Å²) in [6.45, 7) is 3.79. The molecular formula is C16H21N3O2S. The number of carbonyl (C=O) groups is 1. The van der Waals surface area contributed by atoms with Crippen LogP contribution < -0.4 is 9.64 Å². The van der Waals surface area contributed by atoms with Crippen molar-refractivity contribution in [1.29, 1.82) is 0 Å². The van der Waals surface area contributed by atoms with Crippen LogP contribution in [-0.4, -0.2) is 35.6 Å². The van der Waals surface area contributed by atoms with Crippen LogP contribution in [0, 0.1) is 13.8 Å². The molecule has 22 heavy (non-hydrogen) atoms. The van der Waals surface area contributed by atoms with Crippen molar-refractivity contribution in [2.45, 2.75) is 18.7 Å². The first kappa shape index (κ1) is 16.4. The monoisotopic (exact) mass is 319 g/mol. The van der Waals surface area contributed by atoms with Crippen molar-refractivity contribution in [3.05, 3.63) is 35.7 Å². The van der Waals surface area contributed by atoms with E-state index < -0.39 is 0 Å². The van der Waals surface area contributed by atoms with Gasteiger partial charge in [0.15, 0.2) is 12.4 Å². The van der Waals surface area contributed by atoms with Gasteiger partial charge < -0.3 is 9.64 Å². The van der Waals surface area contributed by atoms with Gasteiger partial charge in [-0.15, -0.1) is 11.8 Å². The number of nitrogens with zero attached hydrogens (tertiary/aromatic N) is 3. The van der Waals surface area contributed by atoms with Crippen LogP contribution in [0.15, 0.2) is 29.2 Å². The lowest BCUT2D eigenvalue weighted by molar-refractivity contribution is -0.120. The minimum absolute atomic E-state index is 0.00580. The Kier molecular flexibility index (Phi) is 5.13. The summed E-state index contributed by atoms with van der Waals surface area (Å²) in [5.74, 6) is 0.585. The molecule has 0 radical (unpaired) electrons. The number of thioether (sulfide) groups is 1. The van der Waals surface area contributed by atoms with Crippen LogP contribution >= 0.6 is 11.8 Å². The fraction of sp³-hybridized carbons (Fsp3) is 0.375. The third kappa shape index (κ3) is 3.44. The third-order valence-corrected chi connectivity index (χ3v) is 4.36. The maximum atomic E-state index is 12.3. The second kappa shape index (κ2) is 6.87. The Morgan fingerprint density at radius 1 is 1.32 bits per heavy atom. The summed E-state index contributed by atoms with van der Waals surface area (Å²) in [6.07, 6.45) is 2.02. The summed E-state index contributed by atoms with van der Waals surface area (Å²) >= 11 is 1.67. The number of aryl methyl sites for hydroxylation is 2. The summed E-state index contributed by atoms with van der Waals surface area (Å²) in [5, 5.41) is 4.28. The second-order valence-corrected chi connectivity index (χ2v) is 5.94. The first-order valence-electron chi connectivity index (χ1n) is 6.97. The SMILES string of the molecule is CSc1ccc(N(C)C(=O)COc2c(C)nn(C)c2C)cc1. The lowest BCUT2D eigenvalue weighted by Crippen LogP contribution is -2.31. The molecule has 0 fully saturated rings. The van der Waals surface area contributed by atoms with Crippen LogP contribution in [0.2, 0.25) is 0 Å². The molecule has 0 saturated carbocycles. The molecule has 2 aromatic rings. The van der Waals surface area contributed by atoms with Crippen LogP contribution in [0.4, 0.5) is 5.69 Å². The molecule has 6 heteroatoms. The average molecular weight is 319 g/mol. The molecule has 0 N–H and O–H groups in total. The Balaban J connectivity index is 2.01. The van der Waals surface area contributed by atoms with E-state index >= 15 is 0 Å². The predicted molar refractivity (Wildman–Crippen MR) is 89.8 cm³/mol. The van der Waals surface area contributed by atoms with E-state index in [1.54, 1.807) is 28.4 Å². The summed E-state index contributed by atoms with van der Waals surface area (Å²) in [4.78, 5) is 15.0. The lowest BCUT2D eigenvalue weighted by Gasteiger charge is -2.18. The normalized spacial score (nSPS) is 10.6. The van der Waals surface area contributed by atoms with Crippen molar-refractivity contribution in [2.75, 3.05) is 24.8 Å². The topological polar surface area (TPSA) is 47.4 Å². The van der Waals surface area contributed by atoms with E-state index in [1.807, 2.05) is 51.4 Å². The van der Waals surface area contributed by atoms with Gasteiger partial charge in [0, 0.05) is 24.7 Å². The Hall–Kier alpha value is -1.95. The third-order valence-electron chi connectivity index (χ3n) is 3.62. The molecule has 5 nitrogen and oxygen atoms in total. The molecule has 0 aliphatic heterocycles. The molecule has 0 bridgehead atoms. The fourth-order valence-corrected chi connectivity index (χ4v) is 2.55. The van der Waals surface area contributed by atoms with Gasteiger partial charge in [-0.3, -0.25) is 9.48 Å². The second-order valence-electron chi connectivity index (χ2n) is 5.06. The molecule has 2 rings (SSSR count). The number of ether oxygens (including phenoxy) is 1. The molecule has 0 aliphatic rings. The van der Waals surface area contributed by atoms with Crippen molar-refractivity contribution < 1.29 is 9.53 Å². The van der Waals surface area contributed by atoms with Crippen molar-refractivity contribution in [3.63, 3.8) is 0 Å². The van der Waals surface area contributed by atoms with Gasteiger partial charge in [0.05, 0.1) is 5.69 Å². The van der Waals surface area contributed by atoms with E-state index in [9.17, 15) is 4.79 Å². The summed E-state index contributed by atoms with van der Waals surface area (Å²) in [7, 11) is 3.61. The highest BCUT2D eigenvalue weighted by Gasteiger charge is 2.15. The maximum absolute atomic E-state index is 12.3. The molecule has 1 heterocycles. The van der Waals surface area contributed by atoms with E-state index in [4.69, 9.17) is 4.74 Å². The number of hydrogen-bond donors (Lipinski definition) is 0. The molecule has 0 spiro atoms.